The number of hydrogen-bond donors (Lipinski definition) is 1. The topological polar surface area (TPSA) is 15.3 Å². The summed E-state index contributed by atoms with van der Waals surface area (Å²) in [6, 6.07) is 0.749. The molecule has 108 valence electrons. The number of hydrogen-bond acceptors (Lipinski definition) is 2. The van der Waals surface area contributed by atoms with E-state index >= 15 is 0 Å². The predicted molar refractivity (Wildman–Crippen MR) is 81.0 cm³/mol. The third-order valence-corrected chi connectivity index (χ3v) is 4.38. The van der Waals surface area contributed by atoms with Crippen LogP contribution in [0.15, 0.2) is 0 Å². The highest BCUT2D eigenvalue weighted by molar-refractivity contribution is 4.77. The molecule has 18 heavy (non-hydrogen) atoms. The largest absolute Gasteiger partial charge is 0.315 e. The van der Waals surface area contributed by atoms with Gasteiger partial charge in [0.1, 0.15) is 0 Å². The van der Waals surface area contributed by atoms with Gasteiger partial charge in [-0.05, 0) is 57.2 Å². The van der Waals surface area contributed by atoms with Gasteiger partial charge in [-0.2, -0.15) is 0 Å². The maximum absolute atomic E-state index is 3.64. The molecule has 0 radical (unpaired) electrons. The van der Waals surface area contributed by atoms with Crippen molar-refractivity contribution in [3.8, 4) is 0 Å². The summed E-state index contributed by atoms with van der Waals surface area (Å²) >= 11 is 0. The molecule has 1 saturated heterocycles. The summed E-state index contributed by atoms with van der Waals surface area (Å²) in [5.74, 6) is 1.74. The van der Waals surface area contributed by atoms with Crippen LogP contribution in [0.5, 0.6) is 0 Å². The van der Waals surface area contributed by atoms with Crippen LogP contribution in [0.3, 0.4) is 0 Å². The Labute approximate surface area is 115 Å². The Balaban J connectivity index is 2.34. The Bertz CT molecular complexity index is 203. The lowest BCUT2D eigenvalue weighted by atomic mass is 9.98. The van der Waals surface area contributed by atoms with Crippen LogP contribution in [0.1, 0.15) is 59.8 Å². The first-order valence-corrected chi connectivity index (χ1v) is 8.12. The summed E-state index contributed by atoms with van der Waals surface area (Å²) in [7, 11) is 0. The smallest absolute Gasteiger partial charge is 0.0218 e. The molecule has 0 amide bonds. The van der Waals surface area contributed by atoms with Crippen molar-refractivity contribution in [2.24, 2.45) is 11.8 Å². The first kappa shape index (κ1) is 16.0. The van der Waals surface area contributed by atoms with Crippen LogP contribution in [-0.2, 0) is 0 Å². The van der Waals surface area contributed by atoms with E-state index in [0.717, 1.165) is 24.4 Å². The van der Waals surface area contributed by atoms with Gasteiger partial charge in [0, 0.05) is 12.6 Å². The Morgan fingerprint density at radius 1 is 1.11 bits per heavy atom. The van der Waals surface area contributed by atoms with E-state index in [9.17, 15) is 0 Å². The summed E-state index contributed by atoms with van der Waals surface area (Å²) < 4.78 is 0. The van der Waals surface area contributed by atoms with E-state index in [1.165, 1.54) is 51.7 Å². The highest BCUT2D eigenvalue weighted by Gasteiger charge is 2.21. The Morgan fingerprint density at radius 2 is 1.89 bits per heavy atom. The first-order valence-electron chi connectivity index (χ1n) is 8.12. The van der Waals surface area contributed by atoms with Crippen molar-refractivity contribution in [2.45, 2.75) is 65.8 Å². The van der Waals surface area contributed by atoms with Crippen molar-refractivity contribution >= 4 is 0 Å². The molecule has 2 nitrogen and oxygen atoms in total. The van der Waals surface area contributed by atoms with E-state index in [2.05, 4.69) is 37.9 Å². The van der Waals surface area contributed by atoms with Crippen LogP contribution < -0.4 is 5.32 Å². The molecule has 1 aliphatic rings. The van der Waals surface area contributed by atoms with E-state index in [1.807, 2.05) is 0 Å². The second-order valence-electron chi connectivity index (χ2n) is 6.36. The molecule has 2 atom stereocenters. The van der Waals surface area contributed by atoms with Crippen molar-refractivity contribution in [1.82, 2.24) is 10.2 Å². The molecule has 2 unspecified atom stereocenters. The van der Waals surface area contributed by atoms with Gasteiger partial charge in [-0.25, -0.2) is 0 Å². The lowest BCUT2D eigenvalue weighted by molar-refractivity contribution is 0.190. The van der Waals surface area contributed by atoms with Gasteiger partial charge in [-0.3, -0.25) is 4.90 Å². The summed E-state index contributed by atoms with van der Waals surface area (Å²) in [4.78, 5) is 2.74. The van der Waals surface area contributed by atoms with Gasteiger partial charge in [0.05, 0.1) is 0 Å². The van der Waals surface area contributed by atoms with E-state index in [1.54, 1.807) is 0 Å². The molecule has 0 bridgehead atoms. The Kier molecular flexibility index (Phi) is 7.92. The number of rotatable bonds is 7. The van der Waals surface area contributed by atoms with E-state index < -0.39 is 0 Å². The summed E-state index contributed by atoms with van der Waals surface area (Å²) in [6.45, 7) is 14.2. The zero-order valence-electron chi connectivity index (χ0n) is 13.0. The van der Waals surface area contributed by atoms with Gasteiger partial charge in [-0.1, -0.05) is 34.1 Å². The molecule has 1 rings (SSSR count). The van der Waals surface area contributed by atoms with Crippen LogP contribution in [0.4, 0.5) is 0 Å². The average Bonchev–Trinajstić information content (AvgIpc) is 2.59. The highest BCUT2D eigenvalue weighted by atomic mass is 15.2. The molecular weight excluding hydrogens is 220 g/mol. The van der Waals surface area contributed by atoms with Gasteiger partial charge in [0.25, 0.3) is 0 Å². The number of nitrogens with one attached hydrogen (secondary N) is 1. The van der Waals surface area contributed by atoms with Crippen LogP contribution in [-0.4, -0.2) is 37.1 Å². The average molecular weight is 254 g/mol. The summed E-state index contributed by atoms with van der Waals surface area (Å²) in [5.41, 5.74) is 0. The van der Waals surface area contributed by atoms with Gasteiger partial charge in [-0.15, -0.1) is 0 Å². The van der Waals surface area contributed by atoms with Crippen molar-refractivity contribution in [3.05, 3.63) is 0 Å². The zero-order chi connectivity index (χ0) is 13.4. The van der Waals surface area contributed by atoms with Gasteiger partial charge >= 0.3 is 0 Å². The molecule has 2 heteroatoms. The minimum absolute atomic E-state index is 0.749. The monoisotopic (exact) mass is 254 g/mol. The van der Waals surface area contributed by atoms with Crippen molar-refractivity contribution in [1.29, 1.82) is 0 Å². The van der Waals surface area contributed by atoms with Crippen molar-refractivity contribution < 1.29 is 0 Å². The second-order valence-corrected chi connectivity index (χ2v) is 6.36. The third kappa shape index (κ3) is 5.71. The minimum atomic E-state index is 0.749. The second kappa shape index (κ2) is 8.92. The van der Waals surface area contributed by atoms with Crippen LogP contribution in [0, 0.1) is 11.8 Å². The standard InChI is InChI=1S/C16H34N2/c1-5-15-8-7-10-18(11-9-15)16(6-2)13-17-12-14(3)4/h14-17H,5-13H2,1-4H3. The fourth-order valence-electron chi connectivity index (χ4n) is 3.03. The molecule has 0 aromatic rings. The van der Waals surface area contributed by atoms with Gasteiger partial charge < -0.3 is 5.32 Å². The quantitative estimate of drug-likeness (QED) is 0.748. The maximum Gasteiger partial charge on any atom is 0.0218 e. The van der Waals surface area contributed by atoms with Crippen LogP contribution in [0.25, 0.3) is 0 Å². The fourth-order valence-corrected chi connectivity index (χ4v) is 3.03. The number of likely N-dealkylation sites (tertiary alicyclic amines) is 1. The Hall–Kier alpha value is -0.0800. The molecule has 0 aromatic carbocycles. The lowest BCUT2D eigenvalue weighted by Crippen LogP contribution is -2.43. The number of nitrogens with zero attached hydrogens (tertiary/aromatic N) is 1. The molecule has 0 spiro atoms. The summed E-state index contributed by atoms with van der Waals surface area (Å²) in [5, 5.41) is 3.64. The van der Waals surface area contributed by atoms with Crippen LogP contribution >= 0.6 is 0 Å². The molecule has 0 aliphatic carbocycles. The lowest BCUT2D eigenvalue weighted by Gasteiger charge is -2.30. The molecular formula is C16H34N2. The molecule has 1 fully saturated rings. The molecule has 1 N–H and O–H groups in total. The van der Waals surface area contributed by atoms with Gasteiger partial charge in [0.15, 0.2) is 0 Å². The normalized spacial score (nSPS) is 24.2. The van der Waals surface area contributed by atoms with E-state index in [-0.39, 0.29) is 0 Å². The van der Waals surface area contributed by atoms with Gasteiger partial charge in [0.2, 0.25) is 0 Å². The van der Waals surface area contributed by atoms with Crippen LogP contribution in [0.2, 0.25) is 0 Å². The van der Waals surface area contributed by atoms with E-state index in [4.69, 9.17) is 0 Å². The molecule has 0 aromatic heterocycles. The third-order valence-electron chi connectivity index (χ3n) is 4.38. The Morgan fingerprint density at radius 3 is 2.50 bits per heavy atom. The van der Waals surface area contributed by atoms with Crippen molar-refractivity contribution in [3.63, 3.8) is 0 Å². The minimum Gasteiger partial charge on any atom is -0.315 e. The SMILES string of the molecule is CCC1CCCN(C(CC)CNCC(C)C)CC1. The molecule has 1 aliphatic heterocycles. The van der Waals surface area contributed by atoms with Crippen molar-refractivity contribution in [2.75, 3.05) is 26.2 Å². The maximum atomic E-state index is 3.64. The summed E-state index contributed by atoms with van der Waals surface area (Å²) in [6.07, 6.45) is 6.91. The first-order chi connectivity index (χ1) is 8.67. The highest BCUT2D eigenvalue weighted by Crippen LogP contribution is 2.21. The molecule has 1 heterocycles. The fraction of sp³-hybridized carbons (Fsp3) is 1.00. The zero-order valence-corrected chi connectivity index (χ0v) is 13.0. The van der Waals surface area contributed by atoms with E-state index in [0.29, 0.717) is 0 Å². The predicted octanol–water partition coefficient (Wildman–Crippen LogP) is 3.52. The molecule has 0 saturated carbocycles.